The van der Waals surface area contributed by atoms with Gasteiger partial charge in [-0.1, -0.05) is 237 Å². The van der Waals surface area contributed by atoms with Crippen LogP contribution in [0.5, 0.6) is 0 Å². The Hall–Kier alpha value is -9.24. The van der Waals surface area contributed by atoms with Crippen molar-refractivity contribution in [2.75, 3.05) is 4.90 Å². The highest BCUT2D eigenvalue weighted by atomic mass is 16.3. The molecule has 0 radical (unpaired) electrons. The minimum absolute atomic E-state index is 0.874. The van der Waals surface area contributed by atoms with Crippen LogP contribution in [0.3, 0.4) is 0 Å². The number of hydrogen-bond acceptors (Lipinski definition) is 2. The van der Waals surface area contributed by atoms with Crippen LogP contribution in [-0.2, 0) is 0 Å². The molecule has 0 atom stereocenters. The van der Waals surface area contributed by atoms with Gasteiger partial charge in [0, 0.05) is 33.6 Å². The second-order valence-electron chi connectivity index (χ2n) is 17.6. The first-order valence-corrected chi connectivity index (χ1v) is 23.9. The van der Waals surface area contributed by atoms with E-state index in [9.17, 15) is 0 Å². The summed E-state index contributed by atoms with van der Waals surface area (Å²) in [4.78, 5) is 2.35. The Labute approximate surface area is 409 Å². The van der Waals surface area contributed by atoms with Crippen molar-refractivity contribution in [1.29, 1.82) is 0 Å². The third kappa shape index (κ3) is 8.29. The van der Waals surface area contributed by atoms with Crippen molar-refractivity contribution in [3.05, 3.63) is 285 Å². The number of para-hydroxylation sites is 1. The van der Waals surface area contributed by atoms with E-state index >= 15 is 0 Å². The predicted molar refractivity (Wildman–Crippen MR) is 294 cm³/mol. The van der Waals surface area contributed by atoms with Gasteiger partial charge in [0.15, 0.2) is 0 Å². The molecule has 0 N–H and O–H groups in total. The summed E-state index contributed by atoms with van der Waals surface area (Å²) in [6, 6.07) is 102. The smallest absolute Gasteiger partial charge is 0.143 e. The van der Waals surface area contributed by atoms with E-state index in [1.807, 2.05) is 6.07 Å². The summed E-state index contributed by atoms with van der Waals surface area (Å²) in [5, 5.41) is 1.11. The summed E-state index contributed by atoms with van der Waals surface area (Å²) in [6.45, 7) is 0. The monoisotopic (exact) mass is 893 g/mol. The van der Waals surface area contributed by atoms with Gasteiger partial charge in [-0.25, -0.2) is 0 Å². The van der Waals surface area contributed by atoms with Crippen molar-refractivity contribution in [2.24, 2.45) is 0 Å². The van der Waals surface area contributed by atoms with Crippen molar-refractivity contribution in [3.63, 3.8) is 0 Å². The van der Waals surface area contributed by atoms with Gasteiger partial charge in [0.2, 0.25) is 0 Å². The van der Waals surface area contributed by atoms with Crippen LogP contribution in [0.1, 0.15) is 0 Å². The first kappa shape index (κ1) is 42.1. The molecule has 2 heteroatoms. The summed E-state index contributed by atoms with van der Waals surface area (Å²) >= 11 is 0. The molecule has 0 aliphatic rings. The van der Waals surface area contributed by atoms with Crippen molar-refractivity contribution in [1.82, 2.24) is 0 Å². The van der Waals surface area contributed by atoms with E-state index in [0.717, 1.165) is 67.2 Å². The van der Waals surface area contributed by atoms with Gasteiger partial charge < -0.3 is 9.32 Å². The number of benzene rings is 11. The number of hydrogen-bond donors (Lipinski definition) is 0. The van der Waals surface area contributed by atoms with Crippen LogP contribution in [0.2, 0.25) is 0 Å². The number of nitrogens with zero attached hydrogens (tertiary/aromatic N) is 1. The lowest BCUT2D eigenvalue weighted by atomic mass is 9.89. The second kappa shape index (κ2) is 18.8. The zero-order chi connectivity index (χ0) is 46.6. The van der Waals surface area contributed by atoms with E-state index in [1.165, 1.54) is 50.1 Å². The maximum atomic E-state index is 6.62. The number of rotatable bonds is 11. The van der Waals surface area contributed by atoms with Gasteiger partial charge in [-0.15, -0.1) is 0 Å². The van der Waals surface area contributed by atoms with E-state index in [-0.39, 0.29) is 0 Å². The SMILES string of the molecule is c1ccc(-c2ccc(-c3ccc(N(c4ccc(-c5cccc(-c6oc7ccccc7c6-c6ccccc6)c5)cc4)c4ccc(-c5ccccc5-c5ccccc5-c5ccccc5)cc4)cc3)cc2)cc1. The highest BCUT2D eigenvalue weighted by Gasteiger charge is 2.19. The molecule has 0 spiro atoms. The Balaban J connectivity index is 0.902. The Morgan fingerprint density at radius 2 is 0.571 bits per heavy atom. The Morgan fingerprint density at radius 3 is 1.10 bits per heavy atom. The number of furan rings is 1. The van der Waals surface area contributed by atoms with Crippen LogP contribution in [0.4, 0.5) is 17.1 Å². The first-order chi connectivity index (χ1) is 34.7. The molecule has 70 heavy (non-hydrogen) atoms. The first-order valence-electron chi connectivity index (χ1n) is 23.9. The predicted octanol–water partition coefficient (Wildman–Crippen LogP) is 19.2. The molecule has 0 saturated heterocycles. The summed E-state index contributed by atoms with van der Waals surface area (Å²) in [7, 11) is 0. The van der Waals surface area contributed by atoms with E-state index in [2.05, 4.69) is 284 Å². The van der Waals surface area contributed by atoms with Crippen molar-refractivity contribution in [2.45, 2.75) is 0 Å². The quantitative estimate of drug-likeness (QED) is 0.129. The largest absolute Gasteiger partial charge is 0.455 e. The lowest BCUT2D eigenvalue weighted by Crippen LogP contribution is -2.09. The van der Waals surface area contributed by atoms with Crippen LogP contribution in [0.25, 0.3) is 100 Å². The molecular weight excluding hydrogens is 847 g/mol. The number of anilines is 3. The van der Waals surface area contributed by atoms with E-state index < -0.39 is 0 Å². The summed E-state index contributed by atoms with van der Waals surface area (Å²) in [6.07, 6.45) is 0. The van der Waals surface area contributed by atoms with Gasteiger partial charge in [0.05, 0.1) is 0 Å². The van der Waals surface area contributed by atoms with Crippen molar-refractivity contribution >= 4 is 28.0 Å². The molecule has 0 saturated carbocycles. The molecule has 12 aromatic rings. The maximum absolute atomic E-state index is 6.62. The van der Waals surface area contributed by atoms with Gasteiger partial charge >= 0.3 is 0 Å². The fourth-order valence-corrected chi connectivity index (χ4v) is 9.87. The highest BCUT2D eigenvalue weighted by Crippen LogP contribution is 2.44. The fraction of sp³-hybridized carbons (Fsp3) is 0. The molecule has 0 aliphatic heterocycles. The average Bonchev–Trinajstić information content (AvgIpc) is 3.85. The van der Waals surface area contributed by atoms with Gasteiger partial charge in [-0.2, -0.15) is 0 Å². The van der Waals surface area contributed by atoms with Gasteiger partial charge in [-0.3, -0.25) is 0 Å². The molecule has 0 aliphatic carbocycles. The molecule has 11 aromatic carbocycles. The highest BCUT2D eigenvalue weighted by molar-refractivity contribution is 6.02. The van der Waals surface area contributed by atoms with Crippen LogP contribution in [-0.4, -0.2) is 0 Å². The summed E-state index contributed by atoms with van der Waals surface area (Å²) < 4.78 is 6.62. The minimum atomic E-state index is 0.874. The molecule has 0 amide bonds. The topological polar surface area (TPSA) is 16.4 Å². The van der Waals surface area contributed by atoms with Crippen LogP contribution in [0.15, 0.2) is 290 Å². The third-order valence-corrected chi connectivity index (χ3v) is 13.4. The Bertz CT molecular complexity index is 3710. The summed E-state index contributed by atoms with van der Waals surface area (Å²) in [5.74, 6) is 0.874. The summed E-state index contributed by atoms with van der Waals surface area (Å²) in [5.41, 5.74) is 21.6. The zero-order valence-corrected chi connectivity index (χ0v) is 38.5. The van der Waals surface area contributed by atoms with Crippen LogP contribution >= 0.6 is 0 Å². The van der Waals surface area contributed by atoms with Crippen molar-refractivity contribution < 1.29 is 4.42 Å². The lowest BCUT2D eigenvalue weighted by Gasteiger charge is -2.26. The zero-order valence-electron chi connectivity index (χ0n) is 38.5. The van der Waals surface area contributed by atoms with Crippen LogP contribution < -0.4 is 4.90 Å². The molecule has 330 valence electrons. The van der Waals surface area contributed by atoms with Crippen molar-refractivity contribution in [3.8, 4) is 89.2 Å². The third-order valence-electron chi connectivity index (χ3n) is 13.4. The maximum Gasteiger partial charge on any atom is 0.143 e. The Morgan fingerprint density at radius 1 is 0.229 bits per heavy atom. The molecule has 0 fully saturated rings. The Kier molecular flexibility index (Phi) is 11.3. The van der Waals surface area contributed by atoms with E-state index in [4.69, 9.17) is 4.42 Å². The molecular formula is C68H47NO. The molecule has 12 rings (SSSR count). The van der Waals surface area contributed by atoms with E-state index in [0.29, 0.717) is 0 Å². The van der Waals surface area contributed by atoms with Crippen LogP contribution in [0, 0.1) is 0 Å². The molecule has 1 aromatic heterocycles. The normalized spacial score (nSPS) is 11.1. The number of fused-ring (bicyclic) bond motifs is 1. The fourth-order valence-electron chi connectivity index (χ4n) is 9.87. The molecule has 0 bridgehead atoms. The standard InChI is InChI=1S/C68H47NO/c1-4-17-48(18-5-1)49-31-33-50(34-32-49)51-35-41-58(42-36-51)69(60-45-39-54(40-46-60)62-26-11-13-28-64(62)63-27-12-10-25-61(63)53-19-6-2-7-20-53)59-43-37-52(38-44-59)56-23-16-24-57(47-56)68-67(55-21-8-3-9-22-55)65-29-14-15-30-66(65)70-68/h1-47H. The lowest BCUT2D eigenvalue weighted by molar-refractivity contribution is 0.632. The second-order valence-corrected chi connectivity index (χ2v) is 17.6. The van der Waals surface area contributed by atoms with E-state index in [1.54, 1.807) is 0 Å². The molecule has 1 heterocycles. The average molecular weight is 894 g/mol. The molecule has 0 unspecified atom stereocenters. The van der Waals surface area contributed by atoms with Gasteiger partial charge in [0.1, 0.15) is 11.3 Å². The molecule has 2 nitrogen and oxygen atoms in total. The van der Waals surface area contributed by atoms with Gasteiger partial charge in [0.25, 0.3) is 0 Å². The van der Waals surface area contributed by atoms with Gasteiger partial charge in [-0.05, 0) is 121 Å². The minimum Gasteiger partial charge on any atom is -0.455 e.